The summed E-state index contributed by atoms with van der Waals surface area (Å²) in [6, 6.07) is 9.87. The number of aliphatic carboxylic acids is 1. The lowest BCUT2D eigenvalue weighted by Gasteiger charge is -2.27. The van der Waals surface area contributed by atoms with Gasteiger partial charge >= 0.3 is 5.97 Å². The van der Waals surface area contributed by atoms with E-state index in [1.165, 1.54) is 21.3 Å². The molecule has 0 radical (unpaired) electrons. The molecule has 0 saturated carbocycles. The van der Waals surface area contributed by atoms with E-state index in [9.17, 15) is 14.4 Å². The Bertz CT molecular complexity index is 1000. The van der Waals surface area contributed by atoms with Crippen molar-refractivity contribution in [3.63, 3.8) is 0 Å². The molecule has 0 bridgehead atoms. The van der Waals surface area contributed by atoms with Gasteiger partial charge in [-0.2, -0.15) is 0 Å². The first kappa shape index (κ1) is 19.9. The highest BCUT2D eigenvalue weighted by molar-refractivity contribution is 6.34. The number of carbonyl (C=O) groups excluding carboxylic acids is 2. The molecule has 0 atom stereocenters. The zero-order valence-corrected chi connectivity index (χ0v) is 16.1. The van der Waals surface area contributed by atoms with Crippen molar-refractivity contribution < 1.29 is 33.7 Å². The average Bonchev–Trinajstić information content (AvgIpc) is 2.73. The molecule has 8 heteroatoms. The van der Waals surface area contributed by atoms with Crippen molar-refractivity contribution in [3.05, 3.63) is 53.1 Å². The van der Waals surface area contributed by atoms with Crippen molar-refractivity contribution in [1.29, 1.82) is 0 Å². The van der Waals surface area contributed by atoms with E-state index >= 15 is 0 Å². The van der Waals surface area contributed by atoms with Gasteiger partial charge in [0.05, 0.1) is 21.3 Å². The molecule has 2 aromatic carbocycles. The van der Waals surface area contributed by atoms with Crippen LogP contribution in [0.2, 0.25) is 0 Å². The zero-order valence-electron chi connectivity index (χ0n) is 16.1. The number of rotatable bonds is 6. The summed E-state index contributed by atoms with van der Waals surface area (Å²) < 4.78 is 16.0. The molecule has 0 aliphatic carbocycles. The molecular weight excluding hydrogens is 378 g/mol. The number of amides is 2. The van der Waals surface area contributed by atoms with Crippen molar-refractivity contribution in [3.8, 4) is 17.2 Å². The van der Waals surface area contributed by atoms with E-state index in [1.54, 1.807) is 42.5 Å². The third-order valence-corrected chi connectivity index (χ3v) is 4.46. The van der Waals surface area contributed by atoms with Gasteiger partial charge in [0.15, 0.2) is 11.5 Å². The number of hydrogen-bond donors (Lipinski definition) is 1. The van der Waals surface area contributed by atoms with E-state index in [2.05, 4.69) is 0 Å². The van der Waals surface area contributed by atoms with Crippen LogP contribution in [0.3, 0.4) is 0 Å². The van der Waals surface area contributed by atoms with Gasteiger partial charge in [-0.1, -0.05) is 18.2 Å². The fourth-order valence-electron chi connectivity index (χ4n) is 3.17. The summed E-state index contributed by atoms with van der Waals surface area (Å²) in [5, 5.41) is 9.11. The number of carbonyl (C=O) groups is 3. The van der Waals surface area contributed by atoms with Gasteiger partial charge < -0.3 is 19.3 Å². The molecule has 29 heavy (non-hydrogen) atoms. The van der Waals surface area contributed by atoms with Gasteiger partial charge in [-0.15, -0.1) is 0 Å². The van der Waals surface area contributed by atoms with Crippen LogP contribution in [0.4, 0.5) is 0 Å². The number of imide groups is 1. The van der Waals surface area contributed by atoms with Crippen LogP contribution in [-0.2, 0) is 9.59 Å². The number of ether oxygens (including phenoxy) is 3. The first-order valence-corrected chi connectivity index (χ1v) is 8.60. The molecule has 3 rings (SSSR count). The van der Waals surface area contributed by atoms with Crippen LogP contribution in [0, 0.1) is 0 Å². The predicted octanol–water partition coefficient (Wildman–Crippen LogP) is 2.32. The summed E-state index contributed by atoms with van der Waals surface area (Å²) in [7, 11) is 4.43. The molecule has 2 amide bonds. The number of carboxylic acid groups (broad SMARTS) is 1. The fraction of sp³-hybridized carbons (Fsp3) is 0.190. The van der Waals surface area contributed by atoms with E-state index in [1.807, 2.05) is 0 Å². The summed E-state index contributed by atoms with van der Waals surface area (Å²) in [6.07, 6.45) is 1.56. The highest BCUT2D eigenvalue weighted by Gasteiger charge is 2.35. The Morgan fingerprint density at radius 2 is 1.55 bits per heavy atom. The Morgan fingerprint density at radius 3 is 2.07 bits per heavy atom. The summed E-state index contributed by atoms with van der Waals surface area (Å²) >= 11 is 0. The third kappa shape index (κ3) is 3.64. The first-order valence-electron chi connectivity index (χ1n) is 8.60. The Labute approximate surface area is 166 Å². The van der Waals surface area contributed by atoms with E-state index in [4.69, 9.17) is 19.3 Å². The largest absolute Gasteiger partial charge is 0.493 e. The molecule has 150 valence electrons. The van der Waals surface area contributed by atoms with Gasteiger partial charge in [-0.3, -0.25) is 19.3 Å². The van der Waals surface area contributed by atoms with Gasteiger partial charge in [-0.05, 0) is 35.4 Å². The van der Waals surface area contributed by atoms with Crippen LogP contribution in [0.1, 0.15) is 21.5 Å². The lowest BCUT2D eigenvalue weighted by molar-refractivity contribution is -0.141. The monoisotopic (exact) mass is 397 g/mol. The van der Waals surface area contributed by atoms with E-state index in [-0.39, 0.29) is 11.1 Å². The highest BCUT2D eigenvalue weighted by atomic mass is 16.5. The standard InChI is InChI=1S/C21H19NO7/c1-27-16-9-12(10-17(28-2)19(16)29-3)8-15-13-6-4-5-7-14(13)20(25)22(21(15)26)11-18(23)24/h4-10H,11H2,1-3H3,(H,23,24)/b15-8-. The quantitative estimate of drug-likeness (QED) is 0.589. The lowest BCUT2D eigenvalue weighted by Crippen LogP contribution is -2.44. The summed E-state index contributed by atoms with van der Waals surface area (Å²) in [6.45, 7) is -0.724. The summed E-state index contributed by atoms with van der Waals surface area (Å²) in [5.74, 6) is -1.42. The van der Waals surface area contributed by atoms with Gasteiger partial charge in [0, 0.05) is 11.1 Å². The molecule has 1 heterocycles. The maximum Gasteiger partial charge on any atom is 0.323 e. The molecule has 0 unspecified atom stereocenters. The predicted molar refractivity (Wildman–Crippen MR) is 104 cm³/mol. The highest BCUT2D eigenvalue weighted by Crippen LogP contribution is 2.39. The Morgan fingerprint density at radius 1 is 0.966 bits per heavy atom. The minimum Gasteiger partial charge on any atom is -0.493 e. The number of fused-ring (bicyclic) bond motifs is 1. The van der Waals surface area contributed by atoms with Crippen LogP contribution < -0.4 is 14.2 Å². The molecule has 1 aliphatic heterocycles. The van der Waals surface area contributed by atoms with Crippen LogP contribution >= 0.6 is 0 Å². The Hall–Kier alpha value is -3.81. The fourth-order valence-corrected chi connectivity index (χ4v) is 3.17. The third-order valence-electron chi connectivity index (χ3n) is 4.46. The molecule has 1 aliphatic rings. The minimum absolute atomic E-state index is 0.190. The normalized spacial score (nSPS) is 14.6. The van der Waals surface area contributed by atoms with Crippen molar-refractivity contribution in [2.75, 3.05) is 27.9 Å². The number of benzene rings is 2. The lowest BCUT2D eigenvalue weighted by atomic mass is 9.92. The van der Waals surface area contributed by atoms with Crippen LogP contribution in [0.15, 0.2) is 36.4 Å². The molecular formula is C21H19NO7. The number of nitrogens with zero attached hydrogens (tertiary/aromatic N) is 1. The van der Waals surface area contributed by atoms with E-state index in [0.717, 1.165) is 0 Å². The number of methoxy groups -OCH3 is 3. The van der Waals surface area contributed by atoms with Crippen molar-refractivity contribution >= 4 is 29.4 Å². The van der Waals surface area contributed by atoms with E-state index < -0.39 is 24.3 Å². The van der Waals surface area contributed by atoms with Crippen LogP contribution in [0.25, 0.3) is 11.6 Å². The summed E-state index contributed by atoms with van der Waals surface area (Å²) in [4.78, 5) is 37.4. The maximum absolute atomic E-state index is 13.0. The van der Waals surface area contributed by atoms with E-state index in [0.29, 0.717) is 33.3 Å². The number of carboxylic acids is 1. The van der Waals surface area contributed by atoms with Gasteiger partial charge in [0.2, 0.25) is 5.75 Å². The minimum atomic E-state index is -1.28. The Kier molecular flexibility index (Phi) is 5.54. The molecule has 0 fully saturated rings. The second-order valence-electron chi connectivity index (χ2n) is 6.15. The maximum atomic E-state index is 13.0. The molecule has 0 aromatic heterocycles. The first-order chi connectivity index (χ1) is 13.9. The zero-order chi connectivity index (χ0) is 21.1. The van der Waals surface area contributed by atoms with Crippen molar-refractivity contribution in [2.45, 2.75) is 0 Å². The molecule has 0 saturated heterocycles. The van der Waals surface area contributed by atoms with Gasteiger partial charge in [0.25, 0.3) is 11.8 Å². The SMILES string of the molecule is COc1cc(/C=C2\C(=O)N(CC(=O)O)C(=O)c3ccccc32)cc(OC)c1OC. The Balaban J connectivity index is 2.19. The smallest absolute Gasteiger partial charge is 0.323 e. The van der Waals surface area contributed by atoms with Gasteiger partial charge in [-0.25, -0.2) is 0 Å². The van der Waals surface area contributed by atoms with Gasteiger partial charge in [0.1, 0.15) is 6.54 Å². The topological polar surface area (TPSA) is 102 Å². The second-order valence-corrected chi connectivity index (χ2v) is 6.15. The number of hydrogen-bond acceptors (Lipinski definition) is 6. The molecule has 8 nitrogen and oxygen atoms in total. The van der Waals surface area contributed by atoms with Crippen LogP contribution in [-0.4, -0.2) is 55.7 Å². The van der Waals surface area contributed by atoms with Crippen molar-refractivity contribution in [2.24, 2.45) is 0 Å². The average molecular weight is 397 g/mol. The second kappa shape index (κ2) is 8.05. The summed E-state index contributed by atoms with van der Waals surface area (Å²) in [5.41, 5.74) is 1.43. The van der Waals surface area contributed by atoms with Crippen molar-refractivity contribution in [1.82, 2.24) is 4.90 Å². The molecule has 0 spiro atoms. The molecule has 2 aromatic rings. The van der Waals surface area contributed by atoms with Crippen LogP contribution in [0.5, 0.6) is 17.2 Å². The molecule has 1 N–H and O–H groups in total.